The van der Waals surface area contributed by atoms with Gasteiger partial charge in [-0.15, -0.1) is 0 Å². The highest BCUT2D eigenvalue weighted by atomic mass is 35.5. The topological polar surface area (TPSA) is 38.3 Å². The third-order valence-electron chi connectivity index (χ3n) is 3.86. The first-order chi connectivity index (χ1) is 11.2. The molecule has 0 bridgehead atoms. The van der Waals surface area contributed by atoms with Crippen molar-refractivity contribution in [3.8, 4) is 0 Å². The molecule has 23 heavy (non-hydrogen) atoms. The summed E-state index contributed by atoms with van der Waals surface area (Å²) in [6.07, 6.45) is 4.06. The average Bonchev–Trinajstić information content (AvgIpc) is 2.59. The molecule has 0 aromatic heterocycles. The molecule has 1 unspecified atom stereocenters. The number of hydrogen-bond donors (Lipinski definition) is 1. The SMILES string of the molecule is O=C(/C=C/c1ccccc1Cl)NCC1Cc2ccccc2CO1. The van der Waals surface area contributed by atoms with Gasteiger partial charge in [-0.2, -0.15) is 0 Å². The van der Waals surface area contributed by atoms with Crippen LogP contribution in [-0.2, 0) is 22.6 Å². The van der Waals surface area contributed by atoms with E-state index in [0.717, 1.165) is 12.0 Å². The van der Waals surface area contributed by atoms with Crippen LogP contribution in [0.5, 0.6) is 0 Å². The van der Waals surface area contributed by atoms with Crippen LogP contribution in [0.25, 0.3) is 6.08 Å². The van der Waals surface area contributed by atoms with Gasteiger partial charge in [0.2, 0.25) is 5.91 Å². The van der Waals surface area contributed by atoms with Crippen LogP contribution in [0.1, 0.15) is 16.7 Å². The van der Waals surface area contributed by atoms with Crippen molar-refractivity contribution in [2.24, 2.45) is 0 Å². The lowest BCUT2D eigenvalue weighted by molar-refractivity contribution is -0.117. The number of carbonyl (C=O) groups is 1. The van der Waals surface area contributed by atoms with Crippen LogP contribution >= 0.6 is 11.6 Å². The zero-order valence-electron chi connectivity index (χ0n) is 12.7. The molecule has 1 atom stereocenters. The van der Waals surface area contributed by atoms with Crippen molar-refractivity contribution in [3.05, 3.63) is 76.3 Å². The fourth-order valence-electron chi connectivity index (χ4n) is 2.59. The van der Waals surface area contributed by atoms with Gasteiger partial charge < -0.3 is 10.1 Å². The quantitative estimate of drug-likeness (QED) is 0.871. The summed E-state index contributed by atoms with van der Waals surface area (Å²) in [6.45, 7) is 1.10. The zero-order valence-corrected chi connectivity index (χ0v) is 13.4. The van der Waals surface area contributed by atoms with Crippen LogP contribution in [0.3, 0.4) is 0 Å². The molecule has 1 aliphatic heterocycles. The van der Waals surface area contributed by atoms with Gasteiger partial charge in [-0.3, -0.25) is 4.79 Å². The maximum Gasteiger partial charge on any atom is 0.244 e. The normalized spacial score (nSPS) is 17.0. The molecule has 1 N–H and O–H groups in total. The minimum atomic E-state index is -0.146. The van der Waals surface area contributed by atoms with E-state index in [1.54, 1.807) is 12.1 Å². The summed E-state index contributed by atoms with van der Waals surface area (Å²) in [5.41, 5.74) is 3.35. The second kappa shape index (κ2) is 7.44. The standard InChI is InChI=1S/C19H18ClNO2/c20-18-8-4-3-5-14(18)9-10-19(22)21-12-17-11-15-6-1-2-7-16(15)13-23-17/h1-10,17H,11-13H2,(H,21,22)/b10-9+. The van der Waals surface area contributed by atoms with E-state index in [0.29, 0.717) is 18.2 Å². The summed E-state index contributed by atoms with van der Waals surface area (Å²) < 4.78 is 5.78. The van der Waals surface area contributed by atoms with Gasteiger partial charge in [0.1, 0.15) is 0 Å². The van der Waals surface area contributed by atoms with Gasteiger partial charge in [0, 0.05) is 24.1 Å². The number of benzene rings is 2. The van der Waals surface area contributed by atoms with Crippen molar-refractivity contribution in [2.75, 3.05) is 6.54 Å². The third kappa shape index (κ3) is 4.21. The first kappa shape index (κ1) is 15.8. The zero-order chi connectivity index (χ0) is 16.1. The Bertz CT molecular complexity index is 727. The molecule has 0 saturated carbocycles. The van der Waals surface area contributed by atoms with Crippen molar-refractivity contribution >= 4 is 23.6 Å². The number of carbonyl (C=O) groups excluding carboxylic acids is 1. The number of hydrogen-bond acceptors (Lipinski definition) is 2. The number of nitrogens with one attached hydrogen (secondary N) is 1. The summed E-state index contributed by atoms with van der Waals surface area (Å²) in [6, 6.07) is 15.7. The van der Waals surface area contributed by atoms with Crippen LogP contribution in [0.15, 0.2) is 54.6 Å². The molecule has 118 valence electrons. The Labute approximate surface area is 140 Å². The third-order valence-corrected chi connectivity index (χ3v) is 4.21. The average molecular weight is 328 g/mol. The van der Waals surface area contributed by atoms with E-state index in [9.17, 15) is 4.79 Å². The van der Waals surface area contributed by atoms with Crippen LogP contribution in [0.2, 0.25) is 5.02 Å². The second-order valence-electron chi connectivity index (χ2n) is 5.51. The Hall–Kier alpha value is -2.10. The highest BCUT2D eigenvalue weighted by Crippen LogP contribution is 2.20. The fraction of sp³-hybridized carbons (Fsp3) is 0.211. The summed E-state index contributed by atoms with van der Waals surface area (Å²) in [5.74, 6) is -0.146. The molecular weight excluding hydrogens is 310 g/mol. The minimum Gasteiger partial charge on any atom is -0.371 e. The molecular formula is C19H18ClNO2. The van der Waals surface area contributed by atoms with E-state index in [4.69, 9.17) is 16.3 Å². The Kier molecular flexibility index (Phi) is 5.11. The molecule has 0 aliphatic carbocycles. The van der Waals surface area contributed by atoms with E-state index in [-0.39, 0.29) is 12.0 Å². The predicted molar refractivity (Wildman–Crippen MR) is 92.2 cm³/mol. The first-order valence-electron chi connectivity index (χ1n) is 7.61. The Morgan fingerprint density at radius 2 is 1.91 bits per heavy atom. The molecule has 1 aliphatic rings. The van der Waals surface area contributed by atoms with Gasteiger partial charge >= 0.3 is 0 Å². The smallest absolute Gasteiger partial charge is 0.244 e. The monoisotopic (exact) mass is 327 g/mol. The van der Waals surface area contributed by atoms with Gasteiger partial charge in [-0.25, -0.2) is 0 Å². The van der Waals surface area contributed by atoms with Crippen molar-refractivity contribution in [2.45, 2.75) is 19.1 Å². The van der Waals surface area contributed by atoms with Crippen LogP contribution < -0.4 is 5.32 Å². The number of halogens is 1. The number of amides is 1. The van der Waals surface area contributed by atoms with E-state index >= 15 is 0 Å². The summed E-state index contributed by atoms with van der Waals surface area (Å²) in [4.78, 5) is 11.9. The van der Waals surface area contributed by atoms with Crippen molar-refractivity contribution in [1.82, 2.24) is 5.32 Å². The Morgan fingerprint density at radius 3 is 2.74 bits per heavy atom. The highest BCUT2D eigenvalue weighted by Gasteiger charge is 2.18. The van der Waals surface area contributed by atoms with Crippen molar-refractivity contribution < 1.29 is 9.53 Å². The Morgan fingerprint density at radius 1 is 1.17 bits per heavy atom. The maximum absolute atomic E-state index is 11.9. The van der Waals surface area contributed by atoms with Gasteiger partial charge in [-0.05, 0) is 28.8 Å². The van der Waals surface area contributed by atoms with Crippen LogP contribution in [-0.4, -0.2) is 18.6 Å². The molecule has 3 rings (SSSR count). The molecule has 0 saturated heterocycles. The van der Waals surface area contributed by atoms with E-state index in [1.165, 1.54) is 17.2 Å². The largest absolute Gasteiger partial charge is 0.371 e. The second-order valence-corrected chi connectivity index (χ2v) is 5.91. The lowest BCUT2D eigenvalue weighted by atomic mass is 9.99. The minimum absolute atomic E-state index is 0.0163. The molecule has 2 aromatic carbocycles. The maximum atomic E-state index is 11.9. The molecule has 1 heterocycles. The van der Waals surface area contributed by atoms with E-state index < -0.39 is 0 Å². The van der Waals surface area contributed by atoms with Gasteiger partial charge in [0.05, 0.1) is 12.7 Å². The number of ether oxygens (including phenoxy) is 1. The molecule has 0 radical (unpaired) electrons. The molecule has 0 fully saturated rings. The fourth-order valence-corrected chi connectivity index (χ4v) is 2.79. The van der Waals surface area contributed by atoms with Crippen molar-refractivity contribution in [3.63, 3.8) is 0 Å². The van der Waals surface area contributed by atoms with Gasteiger partial charge in [0.15, 0.2) is 0 Å². The summed E-state index contributed by atoms with van der Waals surface area (Å²) >= 11 is 6.05. The van der Waals surface area contributed by atoms with Gasteiger partial charge in [-0.1, -0.05) is 54.1 Å². The Balaban J connectivity index is 1.51. The lowest BCUT2D eigenvalue weighted by Crippen LogP contribution is -2.36. The lowest BCUT2D eigenvalue weighted by Gasteiger charge is -2.25. The highest BCUT2D eigenvalue weighted by molar-refractivity contribution is 6.32. The summed E-state index contributed by atoms with van der Waals surface area (Å²) in [7, 11) is 0. The van der Waals surface area contributed by atoms with E-state index in [2.05, 4.69) is 17.4 Å². The molecule has 2 aromatic rings. The van der Waals surface area contributed by atoms with Gasteiger partial charge in [0.25, 0.3) is 0 Å². The molecule has 1 amide bonds. The first-order valence-corrected chi connectivity index (χ1v) is 7.99. The summed E-state index contributed by atoms with van der Waals surface area (Å²) in [5, 5.41) is 3.51. The molecule has 0 spiro atoms. The van der Waals surface area contributed by atoms with E-state index in [1.807, 2.05) is 30.3 Å². The van der Waals surface area contributed by atoms with Crippen LogP contribution in [0.4, 0.5) is 0 Å². The number of fused-ring (bicyclic) bond motifs is 1. The van der Waals surface area contributed by atoms with Crippen molar-refractivity contribution in [1.29, 1.82) is 0 Å². The number of rotatable bonds is 4. The van der Waals surface area contributed by atoms with Crippen LogP contribution in [0, 0.1) is 0 Å². The molecule has 3 nitrogen and oxygen atoms in total. The predicted octanol–water partition coefficient (Wildman–Crippen LogP) is 3.61. The molecule has 4 heteroatoms.